The van der Waals surface area contributed by atoms with Crippen molar-refractivity contribution in [1.29, 1.82) is 0 Å². The van der Waals surface area contributed by atoms with Gasteiger partial charge in [-0.2, -0.15) is 0 Å². The minimum atomic E-state index is 1.10. The Labute approximate surface area is 293 Å². The van der Waals surface area contributed by atoms with Crippen molar-refractivity contribution >= 4 is 104 Å². The van der Waals surface area contributed by atoms with Gasteiger partial charge in [-0.05, 0) is 84.9 Å². The highest BCUT2D eigenvalue weighted by Crippen LogP contribution is 2.49. The van der Waals surface area contributed by atoms with Crippen LogP contribution in [0.2, 0.25) is 0 Å². The zero-order valence-corrected chi connectivity index (χ0v) is 28.7. The molecule has 0 spiro atoms. The van der Waals surface area contributed by atoms with Crippen molar-refractivity contribution in [2.75, 3.05) is 10.2 Å². The van der Waals surface area contributed by atoms with E-state index >= 15 is 0 Å². The van der Waals surface area contributed by atoms with E-state index in [-0.39, 0.29) is 0 Å². The van der Waals surface area contributed by atoms with Gasteiger partial charge >= 0.3 is 0 Å². The van der Waals surface area contributed by atoms with Crippen molar-refractivity contribution < 1.29 is 0 Å². The highest BCUT2D eigenvalue weighted by Gasteiger charge is 2.28. The molecule has 4 nitrogen and oxygen atoms in total. The van der Waals surface area contributed by atoms with E-state index in [1.807, 2.05) is 0 Å². The van der Waals surface area contributed by atoms with Crippen LogP contribution >= 0.6 is 31.9 Å². The highest BCUT2D eigenvalue weighted by molar-refractivity contribution is 9.10. The SMILES string of the molecule is Brc1ccc2c(c1)c1cccc3c1n2-c1ccccc1N3.Brc1ccc2c(c1)c1cccc3c1n2-c1ccccc1N3c1ccccc1. The molecule has 2 aliphatic heterocycles. The number of rotatable bonds is 1. The minimum Gasteiger partial charge on any atom is -0.352 e. The Kier molecular flexibility index (Phi) is 6.14. The number of nitrogens with zero attached hydrogens (tertiary/aromatic N) is 3. The van der Waals surface area contributed by atoms with Crippen LogP contribution in [0.3, 0.4) is 0 Å². The molecular formula is C42H26Br2N4. The number of anilines is 5. The summed E-state index contributed by atoms with van der Waals surface area (Å²) in [6, 6.07) is 53.8. The molecule has 0 aliphatic carbocycles. The lowest BCUT2D eigenvalue weighted by molar-refractivity contribution is 1.11. The minimum absolute atomic E-state index is 1.10. The third-order valence-corrected chi connectivity index (χ3v) is 10.5. The first-order chi connectivity index (χ1) is 23.7. The lowest BCUT2D eigenvalue weighted by atomic mass is 10.1. The molecule has 0 bridgehead atoms. The largest absolute Gasteiger partial charge is 0.352 e. The molecular weight excluding hydrogens is 720 g/mol. The molecule has 0 amide bonds. The second-order valence-electron chi connectivity index (χ2n) is 12.2. The van der Waals surface area contributed by atoms with E-state index in [2.05, 4.69) is 203 Å². The van der Waals surface area contributed by atoms with Gasteiger partial charge in [0.25, 0.3) is 0 Å². The summed E-state index contributed by atoms with van der Waals surface area (Å²) in [4.78, 5) is 2.37. The summed E-state index contributed by atoms with van der Waals surface area (Å²) in [5, 5.41) is 8.65. The molecule has 9 aromatic rings. The molecule has 0 saturated heterocycles. The van der Waals surface area contributed by atoms with Gasteiger partial charge in [-0.25, -0.2) is 0 Å². The lowest BCUT2D eigenvalue weighted by Crippen LogP contribution is -2.17. The van der Waals surface area contributed by atoms with Gasteiger partial charge in [-0.3, -0.25) is 0 Å². The Morgan fingerprint density at radius 3 is 1.67 bits per heavy atom. The van der Waals surface area contributed by atoms with Gasteiger partial charge in [0, 0.05) is 36.2 Å². The Morgan fingerprint density at radius 2 is 0.938 bits per heavy atom. The van der Waals surface area contributed by atoms with Crippen LogP contribution in [0.5, 0.6) is 0 Å². The van der Waals surface area contributed by atoms with Gasteiger partial charge < -0.3 is 19.4 Å². The van der Waals surface area contributed by atoms with E-state index in [4.69, 9.17) is 0 Å². The van der Waals surface area contributed by atoms with Crippen LogP contribution in [0.1, 0.15) is 0 Å². The van der Waals surface area contributed by atoms with Gasteiger partial charge in [0.05, 0.1) is 56.2 Å². The van der Waals surface area contributed by atoms with Crippen molar-refractivity contribution in [3.63, 3.8) is 0 Å². The van der Waals surface area contributed by atoms with Crippen LogP contribution in [-0.4, -0.2) is 9.13 Å². The number of hydrogen-bond donors (Lipinski definition) is 1. The smallest absolute Gasteiger partial charge is 0.0783 e. The standard InChI is InChI=1S/C24H15BrN2.C18H11BrN2/c25-16-13-14-20-19(15-16)18-9-6-12-23-24(18)27(20)22-11-5-4-10-21(22)26(23)17-7-2-1-3-8-17;19-11-8-9-16-13(10-11)12-4-3-6-15-18(12)21(16)17-7-2-1-5-14(17)20-15/h1-15H;1-10,20H. The molecule has 2 aromatic heterocycles. The van der Waals surface area contributed by atoms with Crippen molar-refractivity contribution in [2.45, 2.75) is 0 Å². The van der Waals surface area contributed by atoms with Gasteiger partial charge in [-0.1, -0.05) is 98.6 Å². The monoisotopic (exact) mass is 744 g/mol. The maximum Gasteiger partial charge on any atom is 0.0783 e. The summed E-state index contributed by atoms with van der Waals surface area (Å²) < 4.78 is 6.98. The zero-order valence-electron chi connectivity index (χ0n) is 25.5. The zero-order chi connectivity index (χ0) is 31.9. The summed E-state index contributed by atoms with van der Waals surface area (Å²) in [7, 11) is 0. The fourth-order valence-electron chi connectivity index (χ4n) is 7.59. The molecule has 7 aromatic carbocycles. The van der Waals surface area contributed by atoms with E-state index in [9.17, 15) is 0 Å². The Hall–Kier alpha value is -5.30. The number of para-hydroxylation sites is 7. The molecule has 228 valence electrons. The topological polar surface area (TPSA) is 25.1 Å². The van der Waals surface area contributed by atoms with Gasteiger partial charge in [0.2, 0.25) is 0 Å². The molecule has 1 N–H and O–H groups in total. The van der Waals surface area contributed by atoms with Crippen LogP contribution in [0.4, 0.5) is 28.4 Å². The molecule has 2 aliphatic rings. The first-order valence-electron chi connectivity index (χ1n) is 15.9. The first kappa shape index (κ1) is 27.8. The van der Waals surface area contributed by atoms with E-state index in [1.165, 1.54) is 77.7 Å². The maximum absolute atomic E-state index is 3.64. The Morgan fingerprint density at radius 1 is 0.396 bits per heavy atom. The number of halogens is 2. The van der Waals surface area contributed by atoms with Gasteiger partial charge in [0.1, 0.15) is 0 Å². The molecule has 0 radical (unpaired) electrons. The van der Waals surface area contributed by atoms with Gasteiger partial charge in [-0.15, -0.1) is 0 Å². The molecule has 0 saturated carbocycles. The average Bonchev–Trinajstić information content (AvgIpc) is 3.64. The molecule has 0 fully saturated rings. The predicted molar refractivity (Wildman–Crippen MR) is 208 cm³/mol. The fourth-order valence-corrected chi connectivity index (χ4v) is 8.31. The third-order valence-electron chi connectivity index (χ3n) is 9.51. The Bertz CT molecular complexity index is 2740. The summed E-state index contributed by atoms with van der Waals surface area (Å²) in [6.45, 7) is 0. The number of nitrogens with one attached hydrogen (secondary N) is 1. The first-order valence-corrected chi connectivity index (χ1v) is 17.5. The maximum atomic E-state index is 3.64. The van der Waals surface area contributed by atoms with Crippen molar-refractivity contribution in [3.05, 3.63) is 161 Å². The number of fused-ring (bicyclic) bond motifs is 10. The second kappa shape index (κ2) is 10.6. The molecule has 48 heavy (non-hydrogen) atoms. The lowest BCUT2D eigenvalue weighted by Gasteiger charge is -2.33. The van der Waals surface area contributed by atoms with Crippen LogP contribution in [-0.2, 0) is 0 Å². The molecule has 6 heteroatoms. The number of aromatic nitrogens is 2. The Balaban J connectivity index is 0.000000127. The predicted octanol–water partition coefficient (Wildman–Crippen LogP) is 12.9. The van der Waals surface area contributed by atoms with E-state index < -0.39 is 0 Å². The van der Waals surface area contributed by atoms with Crippen LogP contribution in [0, 0.1) is 0 Å². The van der Waals surface area contributed by atoms with Crippen molar-refractivity contribution in [2.24, 2.45) is 0 Å². The van der Waals surface area contributed by atoms with Crippen LogP contribution in [0.15, 0.2) is 161 Å². The van der Waals surface area contributed by atoms with E-state index in [1.54, 1.807) is 0 Å². The molecule has 0 atom stereocenters. The highest BCUT2D eigenvalue weighted by atomic mass is 79.9. The summed E-state index contributed by atoms with van der Waals surface area (Å²) in [5.41, 5.74) is 13.3. The number of hydrogen-bond acceptors (Lipinski definition) is 2. The van der Waals surface area contributed by atoms with Crippen LogP contribution in [0.25, 0.3) is 55.0 Å². The van der Waals surface area contributed by atoms with E-state index in [0.717, 1.165) is 14.6 Å². The molecule has 4 heterocycles. The van der Waals surface area contributed by atoms with Crippen molar-refractivity contribution in [3.8, 4) is 11.4 Å². The fraction of sp³-hybridized carbons (Fsp3) is 0. The van der Waals surface area contributed by atoms with Crippen molar-refractivity contribution in [1.82, 2.24) is 9.13 Å². The van der Waals surface area contributed by atoms with Crippen LogP contribution < -0.4 is 10.2 Å². The average molecular weight is 747 g/mol. The summed E-state index contributed by atoms with van der Waals surface area (Å²) in [5.74, 6) is 0. The third kappa shape index (κ3) is 4.00. The second-order valence-corrected chi connectivity index (χ2v) is 14.0. The summed E-state index contributed by atoms with van der Waals surface area (Å²) >= 11 is 7.23. The van der Waals surface area contributed by atoms with E-state index in [0.29, 0.717) is 0 Å². The quantitative estimate of drug-likeness (QED) is 0.181. The normalized spacial score (nSPS) is 12.5. The molecule has 0 unspecified atom stereocenters. The van der Waals surface area contributed by atoms with Gasteiger partial charge in [0.15, 0.2) is 0 Å². The number of benzene rings is 7. The molecule has 11 rings (SSSR count). The summed E-state index contributed by atoms with van der Waals surface area (Å²) in [6.07, 6.45) is 0.